The SMILES string of the molecule is CC(C)(C)C(=O)NCCCC(=O)N1CCCCC1CN. The van der Waals surface area contributed by atoms with Gasteiger partial charge in [-0.3, -0.25) is 9.59 Å². The summed E-state index contributed by atoms with van der Waals surface area (Å²) in [4.78, 5) is 25.8. The average Bonchev–Trinajstić information content (AvgIpc) is 2.41. The summed E-state index contributed by atoms with van der Waals surface area (Å²) >= 11 is 0. The number of carbonyl (C=O) groups excluding carboxylic acids is 2. The number of hydrogen-bond donors (Lipinski definition) is 2. The molecule has 5 heteroatoms. The quantitative estimate of drug-likeness (QED) is 0.746. The van der Waals surface area contributed by atoms with Crippen molar-refractivity contribution in [3.63, 3.8) is 0 Å². The third-order valence-corrected chi connectivity index (χ3v) is 3.75. The Morgan fingerprint density at radius 3 is 2.60 bits per heavy atom. The Balaban J connectivity index is 2.27. The van der Waals surface area contributed by atoms with Gasteiger partial charge in [0.15, 0.2) is 0 Å². The summed E-state index contributed by atoms with van der Waals surface area (Å²) in [7, 11) is 0. The van der Waals surface area contributed by atoms with Gasteiger partial charge < -0.3 is 16.0 Å². The number of nitrogens with one attached hydrogen (secondary N) is 1. The minimum atomic E-state index is -0.373. The van der Waals surface area contributed by atoms with Gasteiger partial charge in [-0.1, -0.05) is 20.8 Å². The van der Waals surface area contributed by atoms with Gasteiger partial charge in [0.2, 0.25) is 11.8 Å². The van der Waals surface area contributed by atoms with E-state index in [1.165, 1.54) is 0 Å². The molecule has 1 heterocycles. The minimum absolute atomic E-state index is 0.0303. The highest BCUT2D eigenvalue weighted by Crippen LogP contribution is 2.17. The lowest BCUT2D eigenvalue weighted by molar-refractivity contribution is -0.135. The molecular weight excluding hydrogens is 254 g/mol. The fourth-order valence-electron chi connectivity index (χ4n) is 2.42. The molecule has 0 bridgehead atoms. The Morgan fingerprint density at radius 2 is 2.00 bits per heavy atom. The molecule has 3 N–H and O–H groups in total. The smallest absolute Gasteiger partial charge is 0.225 e. The molecule has 2 amide bonds. The Labute approximate surface area is 122 Å². The van der Waals surface area contributed by atoms with E-state index in [0.29, 0.717) is 25.9 Å². The molecule has 1 atom stereocenters. The second-order valence-electron chi connectivity index (χ2n) is 6.58. The highest BCUT2D eigenvalue weighted by Gasteiger charge is 2.25. The molecule has 1 fully saturated rings. The number of hydrogen-bond acceptors (Lipinski definition) is 3. The van der Waals surface area contributed by atoms with Crippen LogP contribution in [0.3, 0.4) is 0 Å². The molecule has 0 saturated carbocycles. The zero-order chi connectivity index (χ0) is 15.2. The average molecular weight is 283 g/mol. The van der Waals surface area contributed by atoms with Crippen molar-refractivity contribution < 1.29 is 9.59 Å². The van der Waals surface area contributed by atoms with E-state index in [-0.39, 0.29) is 23.3 Å². The lowest BCUT2D eigenvalue weighted by Gasteiger charge is -2.35. The Hall–Kier alpha value is -1.10. The van der Waals surface area contributed by atoms with Crippen LogP contribution < -0.4 is 11.1 Å². The molecule has 0 aliphatic carbocycles. The fourth-order valence-corrected chi connectivity index (χ4v) is 2.42. The fraction of sp³-hybridized carbons (Fsp3) is 0.867. The molecule has 1 saturated heterocycles. The molecule has 5 nitrogen and oxygen atoms in total. The van der Waals surface area contributed by atoms with E-state index in [1.54, 1.807) is 0 Å². The van der Waals surface area contributed by atoms with E-state index in [1.807, 2.05) is 25.7 Å². The van der Waals surface area contributed by atoms with Crippen molar-refractivity contribution in [2.45, 2.75) is 58.9 Å². The van der Waals surface area contributed by atoms with Crippen molar-refractivity contribution in [2.75, 3.05) is 19.6 Å². The largest absolute Gasteiger partial charge is 0.356 e. The van der Waals surface area contributed by atoms with Crippen LogP contribution in [0.15, 0.2) is 0 Å². The van der Waals surface area contributed by atoms with Crippen LogP contribution in [0.5, 0.6) is 0 Å². The van der Waals surface area contributed by atoms with E-state index >= 15 is 0 Å². The number of nitrogens with two attached hydrogens (primary N) is 1. The Bertz CT molecular complexity index is 337. The molecule has 1 aliphatic rings. The second kappa shape index (κ2) is 7.62. The van der Waals surface area contributed by atoms with Crippen LogP contribution in [0.4, 0.5) is 0 Å². The lowest BCUT2D eigenvalue weighted by atomic mass is 9.96. The summed E-state index contributed by atoms with van der Waals surface area (Å²) in [6.45, 7) is 7.58. The summed E-state index contributed by atoms with van der Waals surface area (Å²) in [5.74, 6) is 0.202. The topological polar surface area (TPSA) is 75.4 Å². The van der Waals surface area contributed by atoms with Crippen LogP contribution in [0.2, 0.25) is 0 Å². The summed E-state index contributed by atoms with van der Waals surface area (Å²) in [5.41, 5.74) is 5.35. The van der Waals surface area contributed by atoms with Crippen LogP contribution in [0, 0.1) is 5.41 Å². The van der Waals surface area contributed by atoms with Gasteiger partial charge >= 0.3 is 0 Å². The van der Waals surface area contributed by atoms with Crippen molar-refractivity contribution in [2.24, 2.45) is 11.1 Å². The predicted octanol–water partition coefficient (Wildman–Crippen LogP) is 1.27. The van der Waals surface area contributed by atoms with Crippen molar-refractivity contribution in [1.82, 2.24) is 10.2 Å². The van der Waals surface area contributed by atoms with E-state index in [2.05, 4.69) is 5.32 Å². The van der Waals surface area contributed by atoms with Gasteiger partial charge in [0.1, 0.15) is 0 Å². The molecule has 0 spiro atoms. The van der Waals surface area contributed by atoms with Crippen LogP contribution >= 0.6 is 0 Å². The Kier molecular flexibility index (Phi) is 6.46. The van der Waals surface area contributed by atoms with Crippen LogP contribution in [-0.4, -0.2) is 42.4 Å². The monoisotopic (exact) mass is 283 g/mol. The van der Waals surface area contributed by atoms with Gasteiger partial charge in [-0.05, 0) is 25.7 Å². The summed E-state index contributed by atoms with van der Waals surface area (Å²) in [5, 5.41) is 2.87. The summed E-state index contributed by atoms with van der Waals surface area (Å²) in [6, 6.07) is 0.209. The molecule has 0 radical (unpaired) electrons. The maximum Gasteiger partial charge on any atom is 0.225 e. The molecule has 0 aromatic heterocycles. The van der Waals surface area contributed by atoms with E-state index < -0.39 is 0 Å². The molecule has 1 unspecified atom stereocenters. The Morgan fingerprint density at radius 1 is 1.30 bits per heavy atom. The van der Waals surface area contributed by atoms with Crippen LogP contribution in [0.25, 0.3) is 0 Å². The van der Waals surface area contributed by atoms with Crippen molar-refractivity contribution in [3.8, 4) is 0 Å². The second-order valence-corrected chi connectivity index (χ2v) is 6.58. The van der Waals surface area contributed by atoms with Gasteiger partial charge in [0.05, 0.1) is 0 Å². The van der Waals surface area contributed by atoms with Crippen molar-refractivity contribution in [1.29, 1.82) is 0 Å². The first-order valence-corrected chi connectivity index (χ1v) is 7.64. The third-order valence-electron chi connectivity index (χ3n) is 3.75. The minimum Gasteiger partial charge on any atom is -0.356 e. The molecule has 1 rings (SSSR count). The molecule has 0 aromatic carbocycles. The normalized spacial score (nSPS) is 19.8. The van der Waals surface area contributed by atoms with Crippen molar-refractivity contribution in [3.05, 3.63) is 0 Å². The number of carbonyl (C=O) groups is 2. The maximum absolute atomic E-state index is 12.2. The van der Waals surface area contributed by atoms with Crippen LogP contribution in [0.1, 0.15) is 52.9 Å². The highest BCUT2D eigenvalue weighted by molar-refractivity contribution is 5.81. The predicted molar refractivity (Wildman–Crippen MR) is 80.1 cm³/mol. The molecular formula is C15H29N3O2. The van der Waals surface area contributed by atoms with E-state index in [0.717, 1.165) is 25.8 Å². The first kappa shape index (κ1) is 17.0. The molecule has 1 aliphatic heterocycles. The zero-order valence-electron chi connectivity index (χ0n) is 13.1. The number of nitrogens with zero attached hydrogens (tertiary/aromatic N) is 1. The number of piperidine rings is 1. The van der Waals surface area contributed by atoms with Crippen LogP contribution in [-0.2, 0) is 9.59 Å². The molecule has 0 aromatic rings. The number of amides is 2. The third kappa shape index (κ3) is 5.12. The molecule has 116 valence electrons. The zero-order valence-corrected chi connectivity index (χ0v) is 13.1. The summed E-state index contributed by atoms with van der Waals surface area (Å²) < 4.78 is 0. The first-order chi connectivity index (χ1) is 9.36. The summed E-state index contributed by atoms with van der Waals surface area (Å²) in [6.07, 6.45) is 4.43. The maximum atomic E-state index is 12.2. The van der Waals surface area contributed by atoms with Gasteiger partial charge in [0.25, 0.3) is 0 Å². The molecule has 20 heavy (non-hydrogen) atoms. The van der Waals surface area contributed by atoms with E-state index in [9.17, 15) is 9.59 Å². The van der Waals surface area contributed by atoms with Gasteiger partial charge in [-0.2, -0.15) is 0 Å². The van der Waals surface area contributed by atoms with Crippen molar-refractivity contribution >= 4 is 11.8 Å². The lowest BCUT2D eigenvalue weighted by Crippen LogP contribution is -2.47. The van der Waals surface area contributed by atoms with Gasteiger partial charge in [0, 0.05) is 37.5 Å². The number of likely N-dealkylation sites (tertiary alicyclic amines) is 1. The van der Waals surface area contributed by atoms with E-state index in [4.69, 9.17) is 5.73 Å². The standard InChI is InChI=1S/C15H29N3O2/c1-15(2,3)14(20)17-9-6-8-13(19)18-10-5-4-7-12(18)11-16/h12H,4-11,16H2,1-3H3,(H,17,20). The highest BCUT2D eigenvalue weighted by atomic mass is 16.2. The van der Waals surface area contributed by atoms with Gasteiger partial charge in [-0.25, -0.2) is 0 Å². The number of rotatable bonds is 5. The first-order valence-electron chi connectivity index (χ1n) is 7.64. The van der Waals surface area contributed by atoms with Gasteiger partial charge in [-0.15, -0.1) is 0 Å².